The van der Waals surface area contributed by atoms with Crippen LogP contribution in [0.5, 0.6) is 0 Å². The van der Waals surface area contributed by atoms with E-state index >= 15 is 0 Å². The van der Waals surface area contributed by atoms with Gasteiger partial charge in [0.05, 0.1) is 7.11 Å². The molecule has 0 spiro atoms. The van der Waals surface area contributed by atoms with E-state index in [4.69, 9.17) is 4.74 Å². The van der Waals surface area contributed by atoms with Crippen molar-refractivity contribution in [2.24, 2.45) is 0 Å². The van der Waals surface area contributed by atoms with Crippen molar-refractivity contribution in [3.8, 4) is 0 Å². The average molecular weight is 309 g/mol. The SMILES string of the molecule is C=Cc1ccc(C(=O)NC(Cc2ccccc2)C(=O)OC)cc1. The van der Waals surface area contributed by atoms with E-state index in [0.717, 1.165) is 11.1 Å². The monoisotopic (exact) mass is 309 g/mol. The zero-order valence-electron chi connectivity index (χ0n) is 13.0. The summed E-state index contributed by atoms with van der Waals surface area (Å²) in [6, 6.07) is 15.7. The van der Waals surface area contributed by atoms with Crippen LogP contribution >= 0.6 is 0 Å². The summed E-state index contributed by atoms with van der Waals surface area (Å²) in [7, 11) is 1.31. The fraction of sp³-hybridized carbons (Fsp3) is 0.158. The Morgan fingerprint density at radius 3 is 2.35 bits per heavy atom. The van der Waals surface area contributed by atoms with E-state index in [2.05, 4.69) is 11.9 Å². The summed E-state index contributed by atoms with van der Waals surface area (Å²) in [6.45, 7) is 3.67. The predicted octanol–water partition coefficient (Wildman–Crippen LogP) is 2.84. The lowest BCUT2D eigenvalue weighted by Gasteiger charge is -2.16. The van der Waals surface area contributed by atoms with Gasteiger partial charge in [-0.3, -0.25) is 4.79 Å². The second-order valence-corrected chi connectivity index (χ2v) is 5.07. The molecule has 0 bridgehead atoms. The third-order valence-corrected chi connectivity index (χ3v) is 3.48. The van der Waals surface area contributed by atoms with Gasteiger partial charge < -0.3 is 10.1 Å². The van der Waals surface area contributed by atoms with Crippen molar-refractivity contribution in [1.29, 1.82) is 0 Å². The number of rotatable bonds is 6. The highest BCUT2D eigenvalue weighted by Gasteiger charge is 2.22. The minimum absolute atomic E-state index is 0.313. The van der Waals surface area contributed by atoms with Gasteiger partial charge in [0.15, 0.2) is 0 Å². The van der Waals surface area contributed by atoms with E-state index in [0.29, 0.717) is 12.0 Å². The number of carbonyl (C=O) groups excluding carboxylic acids is 2. The quantitative estimate of drug-likeness (QED) is 0.835. The van der Waals surface area contributed by atoms with Crippen molar-refractivity contribution in [1.82, 2.24) is 5.32 Å². The van der Waals surface area contributed by atoms with Gasteiger partial charge in [-0.05, 0) is 23.3 Å². The van der Waals surface area contributed by atoms with Crippen LogP contribution in [0.25, 0.3) is 6.08 Å². The third-order valence-electron chi connectivity index (χ3n) is 3.48. The summed E-state index contributed by atoms with van der Waals surface area (Å²) in [4.78, 5) is 24.3. The normalized spacial score (nSPS) is 11.3. The van der Waals surface area contributed by atoms with Gasteiger partial charge in [-0.25, -0.2) is 4.79 Å². The van der Waals surface area contributed by atoms with E-state index < -0.39 is 12.0 Å². The molecule has 0 aliphatic rings. The van der Waals surface area contributed by atoms with Crippen LogP contribution in [0.15, 0.2) is 61.2 Å². The van der Waals surface area contributed by atoms with Gasteiger partial charge >= 0.3 is 5.97 Å². The van der Waals surface area contributed by atoms with Gasteiger partial charge in [0.2, 0.25) is 0 Å². The van der Waals surface area contributed by atoms with Gasteiger partial charge in [0, 0.05) is 12.0 Å². The molecule has 1 N–H and O–H groups in total. The molecule has 2 rings (SSSR count). The maximum atomic E-state index is 12.3. The van der Waals surface area contributed by atoms with Crippen molar-refractivity contribution in [3.05, 3.63) is 77.9 Å². The molecule has 4 nitrogen and oxygen atoms in total. The van der Waals surface area contributed by atoms with Crippen LogP contribution in [-0.4, -0.2) is 25.0 Å². The first kappa shape index (κ1) is 16.5. The molecule has 1 atom stereocenters. The van der Waals surface area contributed by atoms with E-state index in [-0.39, 0.29) is 5.91 Å². The van der Waals surface area contributed by atoms with Gasteiger partial charge in [-0.2, -0.15) is 0 Å². The lowest BCUT2D eigenvalue weighted by Crippen LogP contribution is -2.43. The topological polar surface area (TPSA) is 55.4 Å². The van der Waals surface area contributed by atoms with E-state index in [1.807, 2.05) is 30.3 Å². The molecular weight excluding hydrogens is 290 g/mol. The highest BCUT2D eigenvalue weighted by Crippen LogP contribution is 2.08. The minimum Gasteiger partial charge on any atom is -0.467 e. The van der Waals surface area contributed by atoms with E-state index in [9.17, 15) is 9.59 Å². The van der Waals surface area contributed by atoms with Gasteiger partial charge in [0.25, 0.3) is 5.91 Å². The fourth-order valence-electron chi connectivity index (χ4n) is 2.20. The molecule has 1 unspecified atom stereocenters. The Balaban J connectivity index is 2.11. The summed E-state index contributed by atoms with van der Waals surface area (Å²) in [6.07, 6.45) is 2.08. The van der Waals surface area contributed by atoms with Crippen molar-refractivity contribution in [2.45, 2.75) is 12.5 Å². The number of esters is 1. The first-order valence-electron chi connectivity index (χ1n) is 7.29. The maximum Gasteiger partial charge on any atom is 0.328 e. The van der Waals surface area contributed by atoms with E-state index in [1.54, 1.807) is 30.3 Å². The number of nitrogens with one attached hydrogen (secondary N) is 1. The summed E-state index contributed by atoms with van der Waals surface area (Å²) < 4.78 is 4.79. The number of hydrogen-bond donors (Lipinski definition) is 1. The number of methoxy groups -OCH3 is 1. The van der Waals surface area contributed by atoms with Crippen molar-refractivity contribution < 1.29 is 14.3 Å². The van der Waals surface area contributed by atoms with Gasteiger partial charge in [0.1, 0.15) is 6.04 Å². The molecule has 0 aromatic heterocycles. The van der Waals surface area contributed by atoms with Crippen LogP contribution in [0.1, 0.15) is 21.5 Å². The number of amides is 1. The van der Waals surface area contributed by atoms with Crippen molar-refractivity contribution in [2.75, 3.05) is 7.11 Å². The highest BCUT2D eigenvalue weighted by atomic mass is 16.5. The highest BCUT2D eigenvalue weighted by molar-refractivity contribution is 5.97. The van der Waals surface area contributed by atoms with Crippen LogP contribution in [0.3, 0.4) is 0 Å². The molecule has 0 fully saturated rings. The molecule has 2 aromatic carbocycles. The standard InChI is InChI=1S/C19H19NO3/c1-3-14-9-11-16(12-10-14)18(21)20-17(19(22)23-2)13-15-7-5-4-6-8-15/h3-12,17H,1,13H2,2H3,(H,20,21). The van der Waals surface area contributed by atoms with Crippen LogP contribution in [0.4, 0.5) is 0 Å². The zero-order chi connectivity index (χ0) is 16.7. The Morgan fingerprint density at radius 1 is 1.13 bits per heavy atom. The number of carbonyl (C=O) groups is 2. The molecule has 23 heavy (non-hydrogen) atoms. The van der Waals surface area contributed by atoms with Crippen LogP contribution in [0, 0.1) is 0 Å². The molecule has 0 saturated heterocycles. The molecule has 2 aromatic rings. The maximum absolute atomic E-state index is 12.3. The number of benzene rings is 2. The average Bonchev–Trinajstić information content (AvgIpc) is 2.61. The summed E-state index contributed by atoms with van der Waals surface area (Å²) in [5.74, 6) is -0.781. The smallest absolute Gasteiger partial charge is 0.328 e. The van der Waals surface area contributed by atoms with Gasteiger partial charge in [-0.15, -0.1) is 0 Å². The van der Waals surface area contributed by atoms with Crippen molar-refractivity contribution in [3.63, 3.8) is 0 Å². The Morgan fingerprint density at radius 2 is 1.78 bits per heavy atom. The lowest BCUT2D eigenvalue weighted by molar-refractivity contribution is -0.142. The Kier molecular flexibility index (Phi) is 5.69. The molecule has 0 radical (unpaired) electrons. The molecule has 1 amide bonds. The summed E-state index contributed by atoms with van der Waals surface area (Å²) >= 11 is 0. The van der Waals surface area contributed by atoms with Gasteiger partial charge in [-0.1, -0.05) is 55.1 Å². The lowest BCUT2D eigenvalue weighted by atomic mass is 10.1. The molecular formula is C19H19NO3. The molecule has 0 heterocycles. The summed E-state index contributed by atoms with van der Waals surface area (Å²) in [5, 5.41) is 2.73. The third kappa shape index (κ3) is 4.54. The zero-order valence-corrected chi connectivity index (χ0v) is 13.0. The molecule has 0 saturated carbocycles. The second kappa shape index (κ2) is 7.94. The largest absolute Gasteiger partial charge is 0.467 e. The Labute approximate surface area is 135 Å². The molecule has 0 aliphatic carbocycles. The number of hydrogen-bond acceptors (Lipinski definition) is 3. The molecule has 118 valence electrons. The second-order valence-electron chi connectivity index (χ2n) is 5.07. The van der Waals surface area contributed by atoms with Crippen LogP contribution in [-0.2, 0) is 16.0 Å². The van der Waals surface area contributed by atoms with Crippen LogP contribution < -0.4 is 5.32 Å². The minimum atomic E-state index is -0.728. The number of ether oxygens (including phenoxy) is 1. The molecule has 0 aliphatic heterocycles. The first-order valence-corrected chi connectivity index (χ1v) is 7.29. The van der Waals surface area contributed by atoms with Crippen molar-refractivity contribution >= 4 is 18.0 Å². The van der Waals surface area contributed by atoms with Crippen LogP contribution in [0.2, 0.25) is 0 Å². The van der Waals surface area contributed by atoms with E-state index in [1.165, 1.54) is 7.11 Å². The Hall–Kier alpha value is -2.88. The predicted molar refractivity (Wildman–Crippen MR) is 89.9 cm³/mol. The fourth-order valence-corrected chi connectivity index (χ4v) is 2.20. The summed E-state index contributed by atoms with van der Waals surface area (Å²) in [5.41, 5.74) is 2.36. The molecule has 4 heteroatoms. The first-order chi connectivity index (χ1) is 11.1. The Bertz CT molecular complexity index is 678.